The average Bonchev–Trinajstić information content (AvgIpc) is 3.58. The van der Waals surface area contributed by atoms with Gasteiger partial charge in [-0.05, 0) is 55.7 Å². The Morgan fingerprint density at radius 3 is 2.62 bits per heavy atom. The van der Waals surface area contributed by atoms with Crippen LogP contribution in [0.1, 0.15) is 43.4 Å². The van der Waals surface area contributed by atoms with Crippen LogP contribution >= 0.6 is 11.8 Å². The van der Waals surface area contributed by atoms with E-state index < -0.39 is 0 Å². The lowest BCUT2D eigenvalue weighted by Crippen LogP contribution is -2.39. The van der Waals surface area contributed by atoms with Crippen molar-refractivity contribution in [1.29, 1.82) is 0 Å². The minimum Gasteiger partial charge on any atom is -0.355 e. The van der Waals surface area contributed by atoms with Gasteiger partial charge in [-0.25, -0.2) is 4.99 Å². The van der Waals surface area contributed by atoms with E-state index in [1.807, 2.05) is 67.8 Å². The molecule has 2 amide bonds. The second-order valence-corrected chi connectivity index (χ2v) is 9.89. The number of rotatable bonds is 7. The zero-order valence-corrected chi connectivity index (χ0v) is 20.2. The second kappa shape index (κ2) is 9.50. The molecule has 1 saturated carbocycles. The van der Waals surface area contributed by atoms with Gasteiger partial charge in [0.1, 0.15) is 0 Å². The predicted molar refractivity (Wildman–Crippen MR) is 137 cm³/mol. The third-order valence-corrected chi connectivity index (χ3v) is 7.15. The van der Waals surface area contributed by atoms with Crippen LogP contribution in [0.15, 0.2) is 82.0 Å². The van der Waals surface area contributed by atoms with Crippen molar-refractivity contribution in [1.82, 2.24) is 10.2 Å². The fourth-order valence-corrected chi connectivity index (χ4v) is 5.31. The molecule has 0 spiro atoms. The lowest BCUT2D eigenvalue weighted by molar-refractivity contribution is -0.120. The first-order valence-electron chi connectivity index (χ1n) is 11.6. The van der Waals surface area contributed by atoms with Gasteiger partial charge in [0.2, 0.25) is 5.91 Å². The average molecular weight is 473 g/mol. The summed E-state index contributed by atoms with van der Waals surface area (Å²) in [7, 11) is 0. The fourth-order valence-electron chi connectivity index (χ4n) is 4.34. The van der Waals surface area contributed by atoms with Crippen molar-refractivity contribution in [3.8, 4) is 0 Å². The smallest absolute Gasteiger partial charge is 0.255 e. The highest BCUT2D eigenvalue weighted by Crippen LogP contribution is 2.45. The van der Waals surface area contributed by atoms with Crippen molar-refractivity contribution < 1.29 is 9.59 Å². The number of aryl methyl sites for hydroxylation is 1. The van der Waals surface area contributed by atoms with E-state index in [1.165, 1.54) is 24.6 Å². The molecule has 0 radical (unpaired) electrons. The third kappa shape index (κ3) is 4.80. The summed E-state index contributed by atoms with van der Waals surface area (Å²) in [5.41, 5.74) is 4.98. The number of para-hydroxylation sites is 1. The summed E-state index contributed by atoms with van der Waals surface area (Å²) in [6, 6.07) is 17.3. The van der Waals surface area contributed by atoms with E-state index in [-0.39, 0.29) is 24.3 Å². The number of aliphatic imine (C=N–C) groups is 1. The van der Waals surface area contributed by atoms with Gasteiger partial charge in [0.15, 0.2) is 5.17 Å². The topological polar surface area (TPSA) is 73.8 Å². The zero-order valence-electron chi connectivity index (χ0n) is 19.4. The molecule has 2 aromatic carbocycles. The molecule has 0 unspecified atom stereocenters. The first-order valence-corrected chi connectivity index (χ1v) is 12.5. The number of amides is 2. The van der Waals surface area contributed by atoms with Crippen LogP contribution in [0.4, 0.5) is 5.69 Å². The van der Waals surface area contributed by atoms with Gasteiger partial charge in [-0.1, -0.05) is 59.8 Å². The van der Waals surface area contributed by atoms with E-state index in [4.69, 9.17) is 4.99 Å². The number of anilines is 1. The number of hydrogen-bond donors (Lipinski definition) is 2. The van der Waals surface area contributed by atoms with Crippen LogP contribution in [0.5, 0.6) is 0 Å². The largest absolute Gasteiger partial charge is 0.355 e. The van der Waals surface area contributed by atoms with Gasteiger partial charge in [0.25, 0.3) is 5.91 Å². The summed E-state index contributed by atoms with van der Waals surface area (Å²) in [5, 5.41) is 8.88. The highest BCUT2D eigenvalue weighted by Gasteiger charge is 2.40. The maximum Gasteiger partial charge on any atom is 0.255 e. The molecule has 0 saturated heterocycles. The minimum atomic E-state index is -0.367. The Kier molecular flexibility index (Phi) is 6.28. The van der Waals surface area contributed by atoms with Crippen LogP contribution in [0.3, 0.4) is 0 Å². The van der Waals surface area contributed by atoms with Crippen LogP contribution in [-0.4, -0.2) is 28.4 Å². The zero-order chi connectivity index (χ0) is 23.7. The van der Waals surface area contributed by atoms with Crippen LogP contribution in [0.25, 0.3) is 0 Å². The van der Waals surface area contributed by atoms with Crippen molar-refractivity contribution in [2.24, 2.45) is 10.9 Å². The van der Waals surface area contributed by atoms with Gasteiger partial charge >= 0.3 is 0 Å². The molecule has 1 fully saturated rings. The number of allylic oxidation sites excluding steroid dienone is 1. The van der Waals surface area contributed by atoms with Gasteiger partial charge in [0, 0.05) is 17.9 Å². The first kappa shape index (κ1) is 22.5. The Hall–Kier alpha value is -3.32. The lowest BCUT2D eigenvalue weighted by Gasteiger charge is -2.36. The third-order valence-electron chi connectivity index (χ3n) is 6.26. The molecular weight excluding hydrogens is 444 g/mol. The fraction of sp³-hybridized carbons (Fsp3) is 0.296. The predicted octanol–water partition coefficient (Wildman–Crippen LogP) is 5.12. The Balaban J connectivity index is 1.48. The SMILES string of the molecule is CC1=C(C(=O)Nc2ccccc2)[C@H](c2cccc(C)c2)N2C(CC(=O)NCC3CC3)=CSC2=N1. The van der Waals surface area contributed by atoms with E-state index in [0.717, 1.165) is 34.2 Å². The summed E-state index contributed by atoms with van der Waals surface area (Å²) >= 11 is 1.51. The summed E-state index contributed by atoms with van der Waals surface area (Å²) in [6.07, 6.45) is 2.65. The molecule has 2 aromatic rings. The van der Waals surface area contributed by atoms with Crippen LogP contribution < -0.4 is 10.6 Å². The number of carbonyl (C=O) groups is 2. The molecular formula is C27H28N4O2S. The first-order chi connectivity index (χ1) is 16.5. The van der Waals surface area contributed by atoms with Gasteiger partial charge in [0.05, 0.1) is 23.7 Å². The normalized spacial score (nSPS) is 19.4. The Bertz CT molecular complexity index is 1210. The van der Waals surface area contributed by atoms with Crippen molar-refractivity contribution in [3.05, 3.63) is 88.1 Å². The van der Waals surface area contributed by atoms with Crippen molar-refractivity contribution in [2.75, 3.05) is 11.9 Å². The molecule has 174 valence electrons. The molecule has 7 heteroatoms. The number of nitrogens with zero attached hydrogens (tertiary/aromatic N) is 2. The Labute approximate surface area is 204 Å². The minimum absolute atomic E-state index is 0.00422. The maximum atomic E-state index is 13.6. The van der Waals surface area contributed by atoms with E-state index >= 15 is 0 Å². The van der Waals surface area contributed by atoms with E-state index in [1.54, 1.807) is 0 Å². The number of carbonyl (C=O) groups excluding carboxylic acids is 2. The summed E-state index contributed by atoms with van der Waals surface area (Å²) in [4.78, 5) is 33.1. The number of amidine groups is 1. The highest BCUT2D eigenvalue weighted by atomic mass is 32.2. The number of thioether (sulfide) groups is 1. The van der Waals surface area contributed by atoms with E-state index in [9.17, 15) is 9.59 Å². The number of benzene rings is 2. The highest BCUT2D eigenvalue weighted by molar-refractivity contribution is 8.16. The number of fused-ring (bicyclic) bond motifs is 1. The van der Waals surface area contributed by atoms with Crippen LogP contribution in [0, 0.1) is 12.8 Å². The van der Waals surface area contributed by atoms with Crippen molar-refractivity contribution >= 4 is 34.4 Å². The second-order valence-electron chi connectivity index (χ2n) is 9.05. The standard InChI is InChI=1S/C27H28N4O2S/c1-17-7-6-8-20(13-17)25-24(26(33)30-21-9-4-3-5-10-21)18(2)29-27-31(25)22(16-34-27)14-23(32)28-15-19-11-12-19/h3-10,13,16,19,25H,11-12,14-15H2,1-2H3,(H,28,32)(H,30,33)/t25-/m0/s1. The molecule has 1 aliphatic carbocycles. The molecule has 3 aliphatic rings. The molecule has 1 atom stereocenters. The molecule has 2 N–H and O–H groups in total. The summed E-state index contributed by atoms with van der Waals surface area (Å²) in [6.45, 7) is 4.67. The summed E-state index contributed by atoms with van der Waals surface area (Å²) < 4.78 is 0. The van der Waals surface area contributed by atoms with Crippen LogP contribution in [0.2, 0.25) is 0 Å². The van der Waals surface area contributed by atoms with E-state index in [2.05, 4.69) is 21.6 Å². The molecule has 5 rings (SSSR count). The monoisotopic (exact) mass is 472 g/mol. The molecule has 34 heavy (non-hydrogen) atoms. The van der Waals surface area contributed by atoms with Gasteiger partial charge in [-0.15, -0.1) is 0 Å². The quantitative estimate of drug-likeness (QED) is 0.586. The Morgan fingerprint density at radius 1 is 1.09 bits per heavy atom. The van der Waals surface area contributed by atoms with Gasteiger partial charge in [-0.2, -0.15) is 0 Å². The maximum absolute atomic E-state index is 13.6. The van der Waals surface area contributed by atoms with E-state index in [0.29, 0.717) is 17.2 Å². The molecule has 2 heterocycles. The van der Waals surface area contributed by atoms with Gasteiger partial charge in [-0.3, -0.25) is 9.59 Å². The lowest BCUT2D eigenvalue weighted by atomic mass is 9.92. The molecule has 6 nitrogen and oxygen atoms in total. The van der Waals surface area contributed by atoms with Gasteiger partial charge < -0.3 is 15.5 Å². The van der Waals surface area contributed by atoms with Crippen molar-refractivity contribution in [2.45, 2.75) is 39.2 Å². The van der Waals surface area contributed by atoms with Crippen molar-refractivity contribution in [3.63, 3.8) is 0 Å². The Morgan fingerprint density at radius 2 is 1.88 bits per heavy atom. The molecule has 0 aromatic heterocycles. The number of nitrogens with one attached hydrogen (secondary N) is 2. The van der Waals surface area contributed by atoms with Crippen LogP contribution in [-0.2, 0) is 9.59 Å². The molecule has 0 bridgehead atoms. The summed E-state index contributed by atoms with van der Waals surface area (Å²) in [5.74, 6) is 0.443. The number of hydrogen-bond acceptors (Lipinski definition) is 5. The molecule has 2 aliphatic heterocycles.